The first-order valence-corrected chi connectivity index (χ1v) is 6.05. The molecule has 5 heteroatoms. The predicted molar refractivity (Wildman–Crippen MR) is 75.1 cm³/mol. The summed E-state index contributed by atoms with van der Waals surface area (Å²) in [6.07, 6.45) is 0. The molecule has 1 unspecified atom stereocenters. The highest BCUT2D eigenvalue weighted by atomic mass is 35.5. The van der Waals surface area contributed by atoms with Gasteiger partial charge in [-0.25, -0.2) is 0 Å². The van der Waals surface area contributed by atoms with Gasteiger partial charge in [0.05, 0.1) is 10.7 Å². The summed E-state index contributed by atoms with van der Waals surface area (Å²) in [5.41, 5.74) is 6.57. The van der Waals surface area contributed by atoms with Crippen LogP contribution in [-0.4, -0.2) is 11.0 Å². The first-order valence-electron chi connectivity index (χ1n) is 5.67. The number of phenolic OH excluding ortho intramolecular Hbond substituents is 1. The van der Waals surface area contributed by atoms with E-state index in [9.17, 15) is 9.90 Å². The molecule has 19 heavy (non-hydrogen) atoms. The summed E-state index contributed by atoms with van der Waals surface area (Å²) in [5.74, 6) is -0.477. The van der Waals surface area contributed by atoms with Crippen LogP contribution in [0.25, 0.3) is 0 Å². The maximum atomic E-state index is 11.6. The second-order valence-electron chi connectivity index (χ2n) is 4.05. The van der Waals surface area contributed by atoms with Crippen LogP contribution in [0.3, 0.4) is 0 Å². The molecule has 2 aromatic carbocycles. The number of hydrogen-bond donors (Lipinski definition) is 3. The number of halogens is 1. The highest BCUT2D eigenvalue weighted by Gasteiger charge is 2.18. The topological polar surface area (TPSA) is 75.4 Å². The minimum atomic E-state index is -0.757. The lowest BCUT2D eigenvalue weighted by Gasteiger charge is -2.18. The molecule has 4 nitrogen and oxygen atoms in total. The van der Waals surface area contributed by atoms with Gasteiger partial charge in [0, 0.05) is 0 Å². The fraction of sp³-hybridized carbons (Fsp3) is 0.0714. The van der Waals surface area contributed by atoms with Gasteiger partial charge in [-0.1, -0.05) is 35.9 Å². The van der Waals surface area contributed by atoms with Gasteiger partial charge in [-0.3, -0.25) is 4.79 Å². The molecule has 2 rings (SSSR count). The number of phenols is 1. The molecule has 0 aliphatic heterocycles. The minimum absolute atomic E-state index is 0.0738. The third kappa shape index (κ3) is 3.17. The van der Waals surface area contributed by atoms with Crippen LogP contribution in [0, 0.1) is 0 Å². The van der Waals surface area contributed by atoms with Gasteiger partial charge in [-0.2, -0.15) is 0 Å². The number of amides is 1. The van der Waals surface area contributed by atoms with Crippen LogP contribution in [0.2, 0.25) is 5.02 Å². The molecule has 0 aliphatic carbocycles. The standard InChI is InChI=1S/C14H13ClN2O2/c15-11-6-1-2-7-12(11)17-13(14(16)19)9-4-3-5-10(18)8-9/h1-8,13,17-18H,(H2,16,19). The molecule has 0 aromatic heterocycles. The Balaban J connectivity index is 2.32. The zero-order chi connectivity index (χ0) is 13.8. The molecule has 4 N–H and O–H groups in total. The van der Waals surface area contributed by atoms with Crippen molar-refractivity contribution in [3.63, 3.8) is 0 Å². The molecule has 0 spiro atoms. The van der Waals surface area contributed by atoms with Crippen LogP contribution in [-0.2, 0) is 4.79 Å². The summed E-state index contributed by atoms with van der Waals surface area (Å²) in [6, 6.07) is 12.7. The van der Waals surface area contributed by atoms with Crippen molar-refractivity contribution in [1.82, 2.24) is 0 Å². The van der Waals surface area contributed by atoms with Crippen LogP contribution in [0.4, 0.5) is 5.69 Å². The number of carbonyl (C=O) groups excluding carboxylic acids is 1. The number of anilines is 1. The number of hydrogen-bond acceptors (Lipinski definition) is 3. The van der Waals surface area contributed by atoms with E-state index in [-0.39, 0.29) is 5.75 Å². The van der Waals surface area contributed by atoms with E-state index in [0.717, 1.165) is 0 Å². The van der Waals surface area contributed by atoms with Crippen molar-refractivity contribution in [2.24, 2.45) is 5.73 Å². The summed E-state index contributed by atoms with van der Waals surface area (Å²) in [4.78, 5) is 11.6. The third-order valence-electron chi connectivity index (χ3n) is 2.66. The minimum Gasteiger partial charge on any atom is -0.508 e. The first kappa shape index (κ1) is 13.2. The van der Waals surface area contributed by atoms with Crippen LogP contribution < -0.4 is 11.1 Å². The van der Waals surface area contributed by atoms with Crippen LogP contribution in [0.1, 0.15) is 11.6 Å². The third-order valence-corrected chi connectivity index (χ3v) is 2.99. The van der Waals surface area contributed by atoms with Gasteiger partial charge >= 0.3 is 0 Å². The van der Waals surface area contributed by atoms with Gasteiger partial charge in [-0.05, 0) is 29.8 Å². The fourth-order valence-electron chi connectivity index (χ4n) is 1.76. The van der Waals surface area contributed by atoms with Crippen LogP contribution >= 0.6 is 11.6 Å². The number of benzene rings is 2. The Morgan fingerprint density at radius 1 is 1.21 bits per heavy atom. The summed E-state index contributed by atoms with van der Waals surface area (Å²) in [7, 11) is 0. The summed E-state index contributed by atoms with van der Waals surface area (Å²) in [6.45, 7) is 0. The van der Waals surface area contributed by atoms with Gasteiger partial charge in [0.1, 0.15) is 11.8 Å². The molecular weight excluding hydrogens is 264 g/mol. The molecule has 0 saturated heterocycles. The van der Waals surface area contributed by atoms with E-state index in [1.807, 2.05) is 0 Å². The summed E-state index contributed by atoms with van der Waals surface area (Å²) < 4.78 is 0. The van der Waals surface area contributed by atoms with Gasteiger partial charge in [0.2, 0.25) is 5.91 Å². The van der Waals surface area contributed by atoms with Crippen molar-refractivity contribution in [2.45, 2.75) is 6.04 Å². The van der Waals surface area contributed by atoms with Gasteiger partial charge < -0.3 is 16.2 Å². The number of primary amides is 1. The van der Waals surface area contributed by atoms with Crippen LogP contribution in [0.5, 0.6) is 5.75 Å². The highest BCUT2D eigenvalue weighted by Crippen LogP contribution is 2.27. The normalized spacial score (nSPS) is 11.8. The van der Waals surface area contributed by atoms with E-state index in [2.05, 4.69) is 5.32 Å². The van der Waals surface area contributed by atoms with Crippen molar-refractivity contribution in [3.8, 4) is 5.75 Å². The Morgan fingerprint density at radius 2 is 1.95 bits per heavy atom. The van der Waals surface area contributed by atoms with Gasteiger partial charge in [0.25, 0.3) is 0 Å². The predicted octanol–water partition coefficient (Wildman–Crippen LogP) is 2.68. The van der Waals surface area contributed by atoms with E-state index in [1.165, 1.54) is 12.1 Å². The number of nitrogens with two attached hydrogens (primary N) is 1. The van der Waals surface area contributed by atoms with Crippen molar-refractivity contribution >= 4 is 23.2 Å². The molecule has 1 amide bonds. The number of rotatable bonds is 4. The smallest absolute Gasteiger partial charge is 0.244 e. The van der Waals surface area contributed by atoms with Crippen molar-refractivity contribution in [1.29, 1.82) is 0 Å². The van der Waals surface area contributed by atoms with E-state index in [1.54, 1.807) is 36.4 Å². The fourth-order valence-corrected chi connectivity index (χ4v) is 1.95. The van der Waals surface area contributed by atoms with E-state index in [0.29, 0.717) is 16.3 Å². The molecule has 98 valence electrons. The second kappa shape index (κ2) is 5.63. The monoisotopic (exact) mass is 276 g/mol. The van der Waals surface area contributed by atoms with E-state index < -0.39 is 11.9 Å². The number of aromatic hydroxyl groups is 1. The van der Waals surface area contributed by atoms with Crippen molar-refractivity contribution in [3.05, 3.63) is 59.1 Å². The lowest BCUT2D eigenvalue weighted by molar-refractivity contribution is -0.118. The average Bonchev–Trinajstić information content (AvgIpc) is 2.37. The lowest BCUT2D eigenvalue weighted by Crippen LogP contribution is -2.27. The van der Waals surface area contributed by atoms with E-state index in [4.69, 9.17) is 17.3 Å². The number of carbonyl (C=O) groups is 1. The Bertz CT molecular complexity index is 602. The van der Waals surface area contributed by atoms with Gasteiger partial charge in [0.15, 0.2) is 0 Å². The molecule has 0 bridgehead atoms. The average molecular weight is 277 g/mol. The maximum Gasteiger partial charge on any atom is 0.244 e. The first-order chi connectivity index (χ1) is 9.08. The lowest BCUT2D eigenvalue weighted by atomic mass is 10.1. The largest absolute Gasteiger partial charge is 0.508 e. The van der Waals surface area contributed by atoms with E-state index >= 15 is 0 Å². The summed E-state index contributed by atoms with van der Waals surface area (Å²) in [5, 5.41) is 12.9. The highest BCUT2D eigenvalue weighted by molar-refractivity contribution is 6.33. The molecule has 2 aromatic rings. The SMILES string of the molecule is NC(=O)C(Nc1ccccc1Cl)c1cccc(O)c1. The second-order valence-corrected chi connectivity index (χ2v) is 4.46. The molecule has 0 heterocycles. The molecule has 0 aliphatic rings. The Kier molecular flexibility index (Phi) is 3.92. The molecule has 0 radical (unpaired) electrons. The summed E-state index contributed by atoms with van der Waals surface area (Å²) >= 11 is 6.03. The number of para-hydroxylation sites is 1. The molecule has 0 fully saturated rings. The quantitative estimate of drug-likeness (QED) is 0.804. The number of nitrogens with one attached hydrogen (secondary N) is 1. The zero-order valence-corrected chi connectivity index (χ0v) is 10.8. The molecular formula is C14H13ClN2O2. The Labute approximate surface area is 115 Å². The zero-order valence-electron chi connectivity index (χ0n) is 10.0. The molecule has 0 saturated carbocycles. The van der Waals surface area contributed by atoms with Gasteiger partial charge in [-0.15, -0.1) is 0 Å². The Hall–Kier alpha value is -2.20. The van der Waals surface area contributed by atoms with Crippen molar-refractivity contribution in [2.75, 3.05) is 5.32 Å². The Morgan fingerprint density at radius 3 is 2.58 bits per heavy atom. The maximum absolute atomic E-state index is 11.6. The van der Waals surface area contributed by atoms with Crippen LogP contribution in [0.15, 0.2) is 48.5 Å². The van der Waals surface area contributed by atoms with Crippen molar-refractivity contribution < 1.29 is 9.90 Å². The molecule has 1 atom stereocenters.